The van der Waals surface area contributed by atoms with Gasteiger partial charge in [0, 0.05) is 0 Å². The smallest absolute Gasteiger partial charge is 0.346 e. The fraction of sp³-hybridized carbons (Fsp3) is 0.0833. The van der Waals surface area contributed by atoms with Crippen LogP contribution in [0.2, 0.25) is 0 Å². The van der Waals surface area contributed by atoms with Crippen molar-refractivity contribution >= 4 is 5.97 Å². The highest BCUT2D eigenvalue weighted by Gasteiger charge is 2.09. The third-order valence-electron chi connectivity index (χ3n) is 2.03. The van der Waals surface area contributed by atoms with Crippen molar-refractivity contribution in [1.29, 1.82) is 0 Å². The molecule has 1 aromatic carbocycles. The van der Waals surface area contributed by atoms with Gasteiger partial charge in [0.2, 0.25) is 0 Å². The molecule has 0 atom stereocenters. The molecular weight excluding hydrogens is 208 g/mol. The molecule has 82 valence electrons. The Bertz CT molecular complexity index is 456. The first kappa shape index (κ1) is 10.3. The molecule has 0 radical (unpaired) electrons. The number of rotatable bonds is 3. The van der Waals surface area contributed by atoms with E-state index < -0.39 is 5.97 Å². The van der Waals surface area contributed by atoms with Crippen LogP contribution in [0.25, 0.3) is 0 Å². The summed E-state index contributed by atoms with van der Waals surface area (Å²) in [5.41, 5.74) is 0.385. The highest BCUT2D eigenvalue weighted by molar-refractivity contribution is 5.90. The number of benzene rings is 1. The molecule has 0 bridgehead atoms. The summed E-state index contributed by atoms with van der Waals surface area (Å²) in [6.07, 6.45) is 2.76. The lowest BCUT2D eigenvalue weighted by atomic mass is 10.3. The summed E-state index contributed by atoms with van der Waals surface area (Å²) in [5.74, 6) is 0.731. The molecule has 4 nitrogen and oxygen atoms in total. The fourth-order valence-corrected chi connectivity index (χ4v) is 1.19. The molecule has 0 spiro atoms. The Labute approximate surface area is 92.4 Å². The summed E-state index contributed by atoms with van der Waals surface area (Å²) in [6, 6.07) is 8.31. The predicted octanol–water partition coefficient (Wildman–Crippen LogP) is 2.51. The van der Waals surface area contributed by atoms with Crippen LogP contribution in [0.3, 0.4) is 0 Å². The van der Waals surface area contributed by atoms with Crippen LogP contribution in [-0.4, -0.2) is 13.1 Å². The van der Waals surface area contributed by atoms with Crippen molar-refractivity contribution in [3.05, 3.63) is 48.4 Å². The highest BCUT2D eigenvalue weighted by Crippen LogP contribution is 2.18. The Morgan fingerprint density at radius 3 is 2.38 bits per heavy atom. The van der Waals surface area contributed by atoms with Crippen LogP contribution in [-0.2, 0) is 0 Å². The first-order chi connectivity index (χ1) is 7.79. The number of hydrogen-bond acceptors (Lipinski definition) is 4. The third kappa shape index (κ3) is 2.23. The number of methoxy groups -OCH3 is 1. The van der Waals surface area contributed by atoms with E-state index in [1.54, 1.807) is 37.4 Å². The average Bonchev–Trinajstić information content (AvgIpc) is 2.83. The molecule has 1 heterocycles. The van der Waals surface area contributed by atoms with Crippen LogP contribution < -0.4 is 9.47 Å². The van der Waals surface area contributed by atoms with E-state index in [2.05, 4.69) is 0 Å². The predicted molar refractivity (Wildman–Crippen MR) is 56.7 cm³/mol. The summed E-state index contributed by atoms with van der Waals surface area (Å²) in [6.45, 7) is 0. The number of furan rings is 1. The van der Waals surface area contributed by atoms with Crippen LogP contribution in [0, 0.1) is 0 Å². The van der Waals surface area contributed by atoms with Gasteiger partial charge in [0.25, 0.3) is 0 Å². The van der Waals surface area contributed by atoms with Crippen LogP contribution in [0.4, 0.5) is 0 Å². The second kappa shape index (κ2) is 4.53. The van der Waals surface area contributed by atoms with Gasteiger partial charge >= 0.3 is 5.97 Å². The second-order valence-corrected chi connectivity index (χ2v) is 3.08. The standard InChI is InChI=1S/C12H10O4/c1-14-10-2-4-11(5-3-10)16-12(13)9-6-7-15-8-9/h2-8H,1H3. The largest absolute Gasteiger partial charge is 0.497 e. The van der Waals surface area contributed by atoms with Gasteiger partial charge in [0.05, 0.1) is 18.9 Å². The number of carbonyl (C=O) groups is 1. The van der Waals surface area contributed by atoms with Crippen molar-refractivity contribution in [3.8, 4) is 11.5 Å². The van der Waals surface area contributed by atoms with Crippen LogP contribution in [0.1, 0.15) is 10.4 Å². The van der Waals surface area contributed by atoms with E-state index in [9.17, 15) is 4.79 Å². The Morgan fingerprint density at radius 1 is 1.12 bits per heavy atom. The summed E-state index contributed by atoms with van der Waals surface area (Å²) < 4.78 is 14.9. The molecule has 0 unspecified atom stereocenters. The molecule has 0 aliphatic heterocycles. The van der Waals surface area contributed by atoms with Crippen molar-refractivity contribution in [2.24, 2.45) is 0 Å². The van der Waals surface area contributed by atoms with E-state index >= 15 is 0 Å². The van der Waals surface area contributed by atoms with Crippen molar-refractivity contribution < 1.29 is 18.7 Å². The van der Waals surface area contributed by atoms with Gasteiger partial charge in [-0.2, -0.15) is 0 Å². The van der Waals surface area contributed by atoms with E-state index in [4.69, 9.17) is 13.9 Å². The molecule has 1 aromatic heterocycles. The second-order valence-electron chi connectivity index (χ2n) is 3.08. The number of ether oxygens (including phenoxy) is 2. The van der Waals surface area contributed by atoms with Gasteiger partial charge in [-0.1, -0.05) is 0 Å². The highest BCUT2D eigenvalue weighted by atomic mass is 16.5. The summed E-state index contributed by atoms with van der Waals surface area (Å²) in [7, 11) is 1.58. The third-order valence-corrected chi connectivity index (χ3v) is 2.03. The molecule has 0 amide bonds. The number of esters is 1. The molecule has 0 aliphatic carbocycles. The zero-order valence-electron chi connectivity index (χ0n) is 8.67. The molecule has 0 N–H and O–H groups in total. The maximum Gasteiger partial charge on any atom is 0.346 e. The molecule has 2 aromatic rings. The van der Waals surface area contributed by atoms with Crippen molar-refractivity contribution in [3.63, 3.8) is 0 Å². The quantitative estimate of drug-likeness (QED) is 0.586. The van der Waals surface area contributed by atoms with E-state index in [0.717, 1.165) is 0 Å². The van der Waals surface area contributed by atoms with Crippen LogP contribution in [0.5, 0.6) is 11.5 Å². The lowest BCUT2D eigenvalue weighted by Crippen LogP contribution is -2.06. The van der Waals surface area contributed by atoms with Gasteiger partial charge in [0.15, 0.2) is 0 Å². The van der Waals surface area contributed by atoms with E-state index in [1.807, 2.05) is 0 Å². The first-order valence-corrected chi connectivity index (χ1v) is 4.68. The summed E-state index contributed by atoms with van der Waals surface area (Å²) in [4.78, 5) is 11.5. The lowest BCUT2D eigenvalue weighted by molar-refractivity contribution is 0.0734. The topological polar surface area (TPSA) is 48.7 Å². The van der Waals surface area contributed by atoms with Crippen LogP contribution in [0.15, 0.2) is 47.3 Å². The molecule has 0 aliphatic rings. The minimum Gasteiger partial charge on any atom is -0.497 e. The molecule has 0 fully saturated rings. The van der Waals surface area contributed by atoms with Gasteiger partial charge in [-0.05, 0) is 30.3 Å². The zero-order chi connectivity index (χ0) is 11.4. The molecule has 16 heavy (non-hydrogen) atoms. The first-order valence-electron chi connectivity index (χ1n) is 4.68. The van der Waals surface area contributed by atoms with Gasteiger partial charge in [-0.3, -0.25) is 0 Å². The maximum atomic E-state index is 11.5. The molecule has 4 heteroatoms. The van der Waals surface area contributed by atoms with Crippen molar-refractivity contribution in [2.75, 3.05) is 7.11 Å². The van der Waals surface area contributed by atoms with Gasteiger partial charge in [-0.15, -0.1) is 0 Å². The molecule has 2 rings (SSSR count). The van der Waals surface area contributed by atoms with Crippen molar-refractivity contribution in [2.45, 2.75) is 0 Å². The normalized spacial score (nSPS) is 9.81. The minimum absolute atomic E-state index is 0.385. The van der Waals surface area contributed by atoms with E-state index in [1.165, 1.54) is 12.5 Å². The maximum absolute atomic E-state index is 11.5. The van der Waals surface area contributed by atoms with Gasteiger partial charge in [-0.25, -0.2) is 4.79 Å². The fourth-order valence-electron chi connectivity index (χ4n) is 1.19. The van der Waals surface area contributed by atoms with Gasteiger partial charge < -0.3 is 13.9 Å². The average molecular weight is 218 g/mol. The number of carbonyl (C=O) groups excluding carboxylic acids is 1. The molecule has 0 saturated heterocycles. The van der Waals surface area contributed by atoms with Crippen molar-refractivity contribution in [1.82, 2.24) is 0 Å². The molecule has 0 saturated carbocycles. The van der Waals surface area contributed by atoms with Crippen LogP contribution >= 0.6 is 0 Å². The Morgan fingerprint density at radius 2 is 1.81 bits per heavy atom. The monoisotopic (exact) mass is 218 g/mol. The SMILES string of the molecule is COc1ccc(OC(=O)c2ccoc2)cc1. The molecular formula is C12H10O4. The van der Waals surface area contributed by atoms with E-state index in [0.29, 0.717) is 17.1 Å². The summed E-state index contributed by atoms with van der Waals surface area (Å²) >= 11 is 0. The Kier molecular flexibility index (Phi) is 2.91. The summed E-state index contributed by atoms with van der Waals surface area (Å²) in [5, 5.41) is 0. The number of hydrogen-bond donors (Lipinski definition) is 0. The minimum atomic E-state index is -0.445. The Balaban J connectivity index is 2.06. The van der Waals surface area contributed by atoms with Gasteiger partial charge in [0.1, 0.15) is 17.8 Å². The Hall–Kier alpha value is -2.23. The zero-order valence-corrected chi connectivity index (χ0v) is 8.67. The lowest BCUT2D eigenvalue weighted by Gasteiger charge is -2.03. The van der Waals surface area contributed by atoms with E-state index in [-0.39, 0.29) is 0 Å².